The SMILES string of the molecule is CC(c1ccccc1F)n1ncn(-c2ccc(C3CCNCC3)cc2)c1=O. The predicted octanol–water partition coefficient (Wildman–Crippen LogP) is 3.25. The lowest BCUT2D eigenvalue weighted by molar-refractivity contribution is 0.460. The van der Waals surface area contributed by atoms with Gasteiger partial charge in [0.25, 0.3) is 0 Å². The van der Waals surface area contributed by atoms with Gasteiger partial charge in [0.1, 0.15) is 12.1 Å². The fourth-order valence-corrected chi connectivity index (χ4v) is 3.77. The molecule has 1 N–H and O–H groups in total. The number of aromatic nitrogens is 3. The summed E-state index contributed by atoms with van der Waals surface area (Å²) in [6, 6.07) is 14.1. The standard InChI is InChI=1S/C21H23FN4O/c1-15(19-4-2-3-5-20(19)22)26-21(27)25(14-24-26)18-8-6-16(7-9-18)17-10-12-23-13-11-17/h2-9,14-15,17,23H,10-13H2,1H3. The summed E-state index contributed by atoms with van der Waals surface area (Å²) in [5.41, 5.74) is 2.25. The van der Waals surface area contributed by atoms with Gasteiger partial charge in [0.05, 0.1) is 11.7 Å². The van der Waals surface area contributed by atoms with Gasteiger partial charge < -0.3 is 5.32 Å². The van der Waals surface area contributed by atoms with Crippen LogP contribution in [-0.4, -0.2) is 27.4 Å². The summed E-state index contributed by atoms with van der Waals surface area (Å²) in [6.45, 7) is 3.87. The van der Waals surface area contributed by atoms with Crippen LogP contribution in [0.2, 0.25) is 0 Å². The molecule has 1 aliphatic rings. The van der Waals surface area contributed by atoms with Crippen molar-refractivity contribution < 1.29 is 4.39 Å². The normalized spacial score (nSPS) is 16.4. The molecule has 27 heavy (non-hydrogen) atoms. The summed E-state index contributed by atoms with van der Waals surface area (Å²) >= 11 is 0. The molecule has 0 spiro atoms. The summed E-state index contributed by atoms with van der Waals surface area (Å²) in [5.74, 6) is 0.235. The quantitative estimate of drug-likeness (QED) is 0.771. The van der Waals surface area contributed by atoms with Crippen LogP contribution in [0.1, 0.15) is 42.9 Å². The fourth-order valence-electron chi connectivity index (χ4n) is 3.77. The van der Waals surface area contributed by atoms with Crippen molar-refractivity contribution in [1.82, 2.24) is 19.7 Å². The van der Waals surface area contributed by atoms with Crippen molar-refractivity contribution in [2.24, 2.45) is 0 Å². The molecule has 0 amide bonds. The van der Waals surface area contributed by atoms with Gasteiger partial charge in [0, 0.05) is 5.56 Å². The van der Waals surface area contributed by atoms with E-state index in [0.717, 1.165) is 31.6 Å². The third kappa shape index (κ3) is 3.45. The molecule has 1 unspecified atom stereocenters. The number of hydrogen-bond acceptors (Lipinski definition) is 3. The highest BCUT2D eigenvalue weighted by Crippen LogP contribution is 2.26. The predicted molar refractivity (Wildman–Crippen MR) is 103 cm³/mol. The number of nitrogens with zero attached hydrogens (tertiary/aromatic N) is 3. The Kier molecular flexibility index (Phi) is 4.90. The smallest absolute Gasteiger partial charge is 0.317 e. The Morgan fingerprint density at radius 3 is 2.52 bits per heavy atom. The van der Waals surface area contributed by atoms with Gasteiger partial charge in [-0.05, 0) is 62.5 Å². The van der Waals surface area contributed by atoms with Gasteiger partial charge in [-0.1, -0.05) is 30.3 Å². The lowest BCUT2D eigenvalue weighted by atomic mass is 9.90. The van der Waals surface area contributed by atoms with E-state index >= 15 is 0 Å². The molecule has 6 heteroatoms. The number of halogens is 1. The van der Waals surface area contributed by atoms with Gasteiger partial charge in [0.2, 0.25) is 0 Å². The highest BCUT2D eigenvalue weighted by molar-refractivity contribution is 5.36. The van der Waals surface area contributed by atoms with E-state index in [0.29, 0.717) is 11.5 Å². The molecule has 1 aromatic heterocycles. The van der Waals surface area contributed by atoms with E-state index < -0.39 is 6.04 Å². The second-order valence-corrected chi connectivity index (χ2v) is 7.04. The Morgan fingerprint density at radius 1 is 1.11 bits per heavy atom. The Labute approximate surface area is 157 Å². The van der Waals surface area contributed by atoms with Gasteiger partial charge in [-0.2, -0.15) is 5.10 Å². The zero-order valence-corrected chi connectivity index (χ0v) is 15.3. The number of nitrogens with one attached hydrogen (secondary N) is 1. The minimum atomic E-state index is -0.478. The molecular weight excluding hydrogens is 343 g/mol. The van der Waals surface area contributed by atoms with Gasteiger partial charge in [0.15, 0.2) is 0 Å². The maximum atomic E-state index is 14.1. The topological polar surface area (TPSA) is 51.9 Å². The van der Waals surface area contributed by atoms with Crippen LogP contribution < -0.4 is 11.0 Å². The first kappa shape index (κ1) is 17.7. The molecule has 0 radical (unpaired) electrons. The first-order valence-corrected chi connectivity index (χ1v) is 9.37. The maximum absolute atomic E-state index is 14.1. The molecule has 0 saturated carbocycles. The molecule has 1 saturated heterocycles. The van der Waals surface area contributed by atoms with Gasteiger partial charge >= 0.3 is 5.69 Å². The first-order valence-electron chi connectivity index (χ1n) is 9.37. The molecule has 1 atom stereocenters. The first-order chi connectivity index (χ1) is 13.1. The highest BCUT2D eigenvalue weighted by atomic mass is 19.1. The highest BCUT2D eigenvalue weighted by Gasteiger charge is 2.18. The molecule has 0 bridgehead atoms. The van der Waals surface area contributed by atoms with Crippen molar-refractivity contribution in [2.75, 3.05) is 13.1 Å². The van der Waals surface area contributed by atoms with Crippen molar-refractivity contribution in [1.29, 1.82) is 0 Å². The van der Waals surface area contributed by atoms with Crippen molar-refractivity contribution in [2.45, 2.75) is 31.7 Å². The molecule has 5 nitrogen and oxygen atoms in total. The van der Waals surface area contributed by atoms with E-state index in [1.165, 1.54) is 27.2 Å². The minimum Gasteiger partial charge on any atom is -0.317 e. The fraction of sp³-hybridized carbons (Fsp3) is 0.333. The Morgan fingerprint density at radius 2 is 1.81 bits per heavy atom. The van der Waals surface area contributed by atoms with Crippen molar-refractivity contribution >= 4 is 0 Å². The molecule has 3 aromatic rings. The Balaban J connectivity index is 1.60. The molecular formula is C21H23FN4O. The average Bonchev–Trinajstić information content (AvgIpc) is 3.10. The molecule has 4 rings (SSSR count). The van der Waals surface area contributed by atoms with Crippen molar-refractivity contribution in [3.05, 3.63) is 82.3 Å². The summed E-state index contributed by atoms with van der Waals surface area (Å²) in [5, 5.41) is 7.59. The lowest BCUT2D eigenvalue weighted by Gasteiger charge is -2.23. The summed E-state index contributed by atoms with van der Waals surface area (Å²) in [6.07, 6.45) is 3.77. The lowest BCUT2D eigenvalue weighted by Crippen LogP contribution is -2.27. The third-order valence-corrected chi connectivity index (χ3v) is 5.40. The van der Waals surface area contributed by atoms with E-state index in [-0.39, 0.29) is 11.5 Å². The van der Waals surface area contributed by atoms with Crippen LogP contribution in [0.15, 0.2) is 59.7 Å². The summed E-state index contributed by atoms with van der Waals surface area (Å²) < 4.78 is 16.9. The van der Waals surface area contributed by atoms with Crippen LogP contribution in [0.25, 0.3) is 5.69 Å². The van der Waals surface area contributed by atoms with Crippen molar-refractivity contribution in [3.8, 4) is 5.69 Å². The second kappa shape index (κ2) is 7.48. The van der Waals surface area contributed by atoms with Crippen LogP contribution >= 0.6 is 0 Å². The van der Waals surface area contributed by atoms with E-state index in [1.807, 2.05) is 12.1 Å². The van der Waals surface area contributed by atoms with Crippen molar-refractivity contribution in [3.63, 3.8) is 0 Å². The van der Waals surface area contributed by atoms with E-state index in [1.54, 1.807) is 25.1 Å². The largest absolute Gasteiger partial charge is 0.350 e. The number of benzene rings is 2. The van der Waals surface area contributed by atoms with Crippen LogP contribution in [0.4, 0.5) is 4.39 Å². The number of rotatable bonds is 4. The van der Waals surface area contributed by atoms with Crippen LogP contribution in [0, 0.1) is 5.82 Å². The number of piperidine rings is 1. The second-order valence-electron chi connectivity index (χ2n) is 7.04. The van der Waals surface area contributed by atoms with Gasteiger partial charge in [-0.3, -0.25) is 0 Å². The summed E-state index contributed by atoms with van der Waals surface area (Å²) in [7, 11) is 0. The van der Waals surface area contributed by atoms with E-state index in [9.17, 15) is 9.18 Å². The average molecular weight is 366 g/mol. The van der Waals surface area contributed by atoms with Crippen LogP contribution in [-0.2, 0) is 0 Å². The van der Waals surface area contributed by atoms with Crippen LogP contribution in [0.5, 0.6) is 0 Å². The van der Waals surface area contributed by atoms with Gasteiger partial charge in [-0.25, -0.2) is 18.4 Å². The maximum Gasteiger partial charge on any atom is 0.350 e. The molecule has 1 fully saturated rings. The van der Waals surface area contributed by atoms with Gasteiger partial charge in [-0.15, -0.1) is 0 Å². The molecule has 2 aromatic carbocycles. The zero-order valence-electron chi connectivity index (χ0n) is 15.3. The molecule has 1 aliphatic heterocycles. The van der Waals surface area contributed by atoms with E-state index in [2.05, 4.69) is 22.5 Å². The third-order valence-electron chi connectivity index (χ3n) is 5.40. The zero-order chi connectivity index (χ0) is 18.8. The van der Waals surface area contributed by atoms with Crippen LogP contribution in [0.3, 0.4) is 0 Å². The molecule has 2 heterocycles. The Hall–Kier alpha value is -2.73. The minimum absolute atomic E-state index is 0.277. The Bertz CT molecular complexity index is 970. The van der Waals surface area contributed by atoms with E-state index in [4.69, 9.17) is 0 Å². The number of hydrogen-bond donors (Lipinski definition) is 1. The molecule has 140 valence electrons. The summed E-state index contributed by atoms with van der Waals surface area (Å²) in [4.78, 5) is 12.8. The molecule has 0 aliphatic carbocycles. The monoisotopic (exact) mass is 366 g/mol.